The predicted octanol–water partition coefficient (Wildman–Crippen LogP) is 3.51. The average molecular weight is 313 g/mol. The summed E-state index contributed by atoms with van der Waals surface area (Å²) in [5.74, 6) is -0.0455. The van der Waals surface area contributed by atoms with Crippen molar-refractivity contribution in [3.05, 3.63) is 69.3 Å². The molecule has 118 valence electrons. The van der Waals surface area contributed by atoms with Gasteiger partial charge in [0.25, 0.3) is 5.69 Å². The Morgan fingerprint density at radius 3 is 2.65 bits per heavy atom. The molecule has 0 unspecified atom stereocenters. The Labute approximate surface area is 132 Å². The zero-order valence-corrected chi connectivity index (χ0v) is 12.6. The first-order valence-corrected chi connectivity index (χ1v) is 6.77. The number of phenolic OH excluding ortho intramolecular Hbond substituents is 1. The number of nitro groups is 1. The van der Waals surface area contributed by atoms with Crippen LogP contribution in [0.4, 0.5) is 5.69 Å². The monoisotopic (exact) mass is 313 g/mol. The van der Waals surface area contributed by atoms with Crippen LogP contribution >= 0.6 is 0 Å². The van der Waals surface area contributed by atoms with Gasteiger partial charge in [-0.05, 0) is 30.7 Å². The Morgan fingerprint density at radius 1 is 1.26 bits per heavy atom. The van der Waals surface area contributed by atoms with Gasteiger partial charge in [-0.25, -0.2) is 0 Å². The second-order valence-corrected chi connectivity index (χ2v) is 4.89. The van der Waals surface area contributed by atoms with Crippen LogP contribution in [0.1, 0.15) is 21.5 Å². The second-order valence-electron chi connectivity index (χ2n) is 4.89. The van der Waals surface area contributed by atoms with Gasteiger partial charge in [-0.3, -0.25) is 14.9 Å². The molecule has 2 rings (SSSR count). The van der Waals surface area contributed by atoms with E-state index in [9.17, 15) is 20.0 Å². The van der Waals surface area contributed by atoms with E-state index >= 15 is 0 Å². The molecule has 0 amide bonds. The van der Waals surface area contributed by atoms with Gasteiger partial charge >= 0.3 is 0 Å². The zero-order valence-electron chi connectivity index (χ0n) is 12.6. The van der Waals surface area contributed by atoms with Crippen molar-refractivity contribution in [2.75, 3.05) is 7.11 Å². The van der Waals surface area contributed by atoms with Gasteiger partial charge < -0.3 is 9.84 Å². The molecule has 1 N–H and O–H groups in total. The quantitative estimate of drug-likeness (QED) is 0.395. The summed E-state index contributed by atoms with van der Waals surface area (Å²) in [6.45, 7) is 1.62. The zero-order chi connectivity index (χ0) is 17.0. The molecule has 0 aromatic heterocycles. The summed E-state index contributed by atoms with van der Waals surface area (Å²) >= 11 is 0. The van der Waals surface area contributed by atoms with Gasteiger partial charge in [-0.2, -0.15) is 0 Å². The number of aryl methyl sites for hydroxylation is 1. The summed E-state index contributed by atoms with van der Waals surface area (Å²) in [6.07, 6.45) is 2.87. The van der Waals surface area contributed by atoms with Crippen molar-refractivity contribution in [3.8, 4) is 11.5 Å². The van der Waals surface area contributed by atoms with Gasteiger partial charge in [-0.15, -0.1) is 0 Å². The molecule has 0 atom stereocenters. The van der Waals surface area contributed by atoms with Crippen LogP contribution in [0.2, 0.25) is 0 Å². The van der Waals surface area contributed by atoms with Gasteiger partial charge in [0, 0.05) is 17.2 Å². The number of methoxy groups -OCH3 is 1. The SMILES string of the molecule is COc1cc(/C=C/C(=O)c2ccc(C)c([N+](=O)[O-])c2)ccc1O. The maximum Gasteiger partial charge on any atom is 0.273 e. The van der Waals surface area contributed by atoms with E-state index in [1.165, 1.54) is 25.3 Å². The molecule has 23 heavy (non-hydrogen) atoms. The third kappa shape index (κ3) is 3.74. The fraction of sp³-hybridized carbons (Fsp3) is 0.118. The van der Waals surface area contributed by atoms with Gasteiger partial charge in [0.15, 0.2) is 17.3 Å². The lowest BCUT2D eigenvalue weighted by Crippen LogP contribution is -1.98. The number of aromatic hydroxyl groups is 1. The normalized spacial score (nSPS) is 10.7. The van der Waals surface area contributed by atoms with Crippen molar-refractivity contribution in [1.29, 1.82) is 0 Å². The van der Waals surface area contributed by atoms with Crippen molar-refractivity contribution in [2.45, 2.75) is 6.92 Å². The molecule has 0 aliphatic rings. The van der Waals surface area contributed by atoms with Gasteiger partial charge in [0.1, 0.15) is 0 Å². The highest BCUT2D eigenvalue weighted by molar-refractivity contribution is 6.07. The molecule has 0 heterocycles. The molecule has 0 bridgehead atoms. The standard InChI is InChI=1S/C17H15NO5/c1-11-3-6-13(10-14(11)18(21)22)15(19)7-4-12-5-8-16(20)17(9-12)23-2/h3-10,20H,1-2H3/b7-4+. The van der Waals surface area contributed by atoms with Gasteiger partial charge in [0.2, 0.25) is 0 Å². The number of ketones is 1. The fourth-order valence-corrected chi connectivity index (χ4v) is 2.03. The second kappa shape index (κ2) is 6.74. The van der Waals surface area contributed by atoms with Crippen molar-refractivity contribution in [3.63, 3.8) is 0 Å². The first-order valence-electron chi connectivity index (χ1n) is 6.77. The number of ether oxygens (including phenoxy) is 1. The number of rotatable bonds is 5. The van der Waals surface area contributed by atoms with Crippen molar-refractivity contribution >= 4 is 17.5 Å². The van der Waals surface area contributed by atoms with Crippen LogP contribution in [-0.4, -0.2) is 22.9 Å². The molecule has 0 aliphatic heterocycles. The smallest absolute Gasteiger partial charge is 0.273 e. The van der Waals surface area contributed by atoms with Crippen LogP contribution in [-0.2, 0) is 0 Å². The fourth-order valence-electron chi connectivity index (χ4n) is 2.03. The minimum Gasteiger partial charge on any atom is -0.504 e. The molecular formula is C17H15NO5. The van der Waals surface area contributed by atoms with Crippen LogP contribution in [0.5, 0.6) is 11.5 Å². The Hall–Kier alpha value is -3.15. The number of allylic oxidation sites excluding steroid dienone is 1. The number of nitro benzene ring substituents is 1. The first kappa shape index (κ1) is 16.2. The van der Waals surface area contributed by atoms with Gasteiger partial charge in [-0.1, -0.05) is 24.3 Å². The minimum absolute atomic E-state index is 0.00476. The van der Waals surface area contributed by atoms with Crippen LogP contribution in [0.15, 0.2) is 42.5 Å². The van der Waals surface area contributed by atoms with E-state index < -0.39 is 4.92 Å². The Kier molecular flexibility index (Phi) is 4.75. The highest BCUT2D eigenvalue weighted by Gasteiger charge is 2.13. The molecule has 0 saturated heterocycles. The summed E-state index contributed by atoms with van der Waals surface area (Å²) in [6, 6.07) is 9.02. The Morgan fingerprint density at radius 2 is 2.00 bits per heavy atom. The number of nitrogens with zero attached hydrogens (tertiary/aromatic N) is 1. The summed E-state index contributed by atoms with van der Waals surface area (Å²) in [7, 11) is 1.43. The molecule has 2 aromatic rings. The van der Waals surface area contributed by atoms with E-state index in [0.29, 0.717) is 16.9 Å². The maximum absolute atomic E-state index is 12.1. The van der Waals surface area contributed by atoms with Crippen molar-refractivity contribution in [2.24, 2.45) is 0 Å². The van der Waals surface area contributed by atoms with Crippen molar-refractivity contribution < 1.29 is 19.6 Å². The van der Waals surface area contributed by atoms with Crippen LogP contribution < -0.4 is 4.74 Å². The lowest BCUT2D eigenvalue weighted by molar-refractivity contribution is -0.385. The van der Waals surface area contributed by atoms with E-state index in [2.05, 4.69) is 0 Å². The highest BCUT2D eigenvalue weighted by Crippen LogP contribution is 2.27. The van der Waals surface area contributed by atoms with E-state index in [-0.39, 0.29) is 22.8 Å². The minimum atomic E-state index is -0.513. The number of hydrogen-bond donors (Lipinski definition) is 1. The molecule has 0 radical (unpaired) electrons. The number of phenols is 1. The maximum atomic E-state index is 12.1. The van der Waals surface area contributed by atoms with Crippen LogP contribution in [0.25, 0.3) is 6.08 Å². The number of carbonyl (C=O) groups excluding carboxylic acids is 1. The molecule has 0 saturated carbocycles. The number of carbonyl (C=O) groups is 1. The first-order chi connectivity index (χ1) is 10.9. The average Bonchev–Trinajstić information content (AvgIpc) is 2.53. The lowest BCUT2D eigenvalue weighted by Gasteiger charge is -2.03. The predicted molar refractivity (Wildman–Crippen MR) is 85.9 cm³/mol. The number of hydrogen-bond acceptors (Lipinski definition) is 5. The summed E-state index contributed by atoms with van der Waals surface area (Å²) in [5, 5.41) is 20.4. The molecule has 6 nitrogen and oxygen atoms in total. The third-order valence-electron chi connectivity index (χ3n) is 3.32. The van der Waals surface area contributed by atoms with Gasteiger partial charge in [0.05, 0.1) is 12.0 Å². The number of benzene rings is 2. The van der Waals surface area contributed by atoms with E-state index in [4.69, 9.17) is 4.74 Å². The van der Waals surface area contributed by atoms with E-state index in [1.54, 1.807) is 37.3 Å². The van der Waals surface area contributed by atoms with Crippen LogP contribution in [0, 0.1) is 17.0 Å². The molecular weight excluding hydrogens is 298 g/mol. The Balaban J connectivity index is 2.25. The van der Waals surface area contributed by atoms with Crippen LogP contribution in [0.3, 0.4) is 0 Å². The van der Waals surface area contributed by atoms with Crippen molar-refractivity contribution in [1.82, 2.24) is 0 Å². The molecule has 6 heteroatoms. The highest BCUT2D eigenvalue weighted by atomic mass is 16.6. The lowest BCUT2D eigenvalue weighted by atomic mass is 10.1. The molecule has 0 spiro atoms. The summed E-state index contributed by atoms with van der Waals surface area (Å²) in [5.41, 5.74) is 1.31. The molecule has 0 aliphatic carbocycles. The Bertz CT molecular complexity index is 796. The third-order valence-corrected chi connectivity index (χ3v) is 3.32. The molecule has 2 aromatic carbocycles. The topological polar surface area (TPSA) is 89.7 Å². The summed E-state index contributed by atoms with van der Waals surface area (Å²) in [4.78, 5) is 22.5. The largest absolute Gasteiger partial charge is 0.504 e. The van der Waals surface area contributed by atoms with E-state index in [0.717, 1.165) is 0 Å². The molecule has 0 fully saturated rings. The van der Waals surface area contributed by atoms with E-state index in [1.807, 2.05) is 0 Å². The summed E-state index contributed by atoms with van der Waals surface area (Å²) < 4.78 is 4.99.